The van der Waals surface area contributed by atoms with Crippen molar-refractivity contribution in [2.45, 2.75) is 13.0 Å². The van der Waals surface area contributed by atoms with Crippen LogP contribution in [0, 0.1) is 0 Å². The second-order valence-corrected chi connectivity index (χ2v) is 5.76. The first-order chi connectivity index (χ1) is 10.8. The fourth-order valence-corrected chi connectivity index (χ4v) is 3.02. The highest BCUT2D eigenvalue weighted by molar-refractivity contribution is 5.99. The van der Waals surface area contributed by atoms with Crippen molar-refractivity contribution in [2.75, 3.05) is 31.1 Å². The van der Waals surface area contributed by atoms with Crippen molar-refractivity contribution in [1.29, 1.82) is 0 Å². The van der Waals surface area contributed by atoms with E-state index < -0.39 is 0 Å². The summed E-state index contributed by atoms with van der Waals surface area (Å²) in [6.45, 7) is 5.81. The summed E-state index contributed by atoms with van der Waals surface area (Å²) in [4.78, 5) is 17.2. The van der Waals surface area contributed by atoms with E-state index in [9.17, 15) is 4.79 Å². The SMILES string of the molecule is CC(C(=O)c1ccccc1)N1CCN(c2ccccc2)CC1. The van der Waals surface area contributed by atoms with Crippen molar-refractivity contribution in [3.05, 3.63) is 66.2 Å². The van der Waals surface area contributed by atoms with Gasteiger partial charge in [0.05, 0.1) is 6.04 Å². The molecule has 1 heterocycles. The molecule has 1 unspecified atom stereocenters. The molecule has 0 aliphatic carbocycles. The van der Waals surface area contributed by atoms with Crippen LogP contribution in [0.4, 0.5) is 5.69 Å². The minimum absolute atomic E-state index is 0.0553. The van der Waals surface area contributed by atoms with Gasteiger partial charge in [0, 0.05) is 37.4 Å². The summed E-state index contributed by atoms with van der Waals surface area (Å²) in [5, 5.41) is 0. The molecule has 0 N–H and O–H groups in total. The number of rotatable bonds is 4. The molecule has 1 saturated heterocycles. The van der Waals surface area contributed by atoms with Crippen LogP contribution in [-0.2, 0) is 0 Å². The average molecular weight is 294 g/mol. The molecule has 1 fully saturated rings. The zero-order chi connectivity index (χ0) is 15.4. The molecule has 3 nitrogen and oxygen atoms in total. The Bertz CT molecular complexity index is 604. The maximum absolute atomic E-state index is 12.5. The molecule has 1 aliphatic rings. The lowest BCUT2D eigenvalue weighted by atomic mass is 10.0. The van der Waals surface area contributed by atoms with Crippen LogP contribution in [0.3, 0.4) is 0 Å². The van der Waals surface area contributed by atoms with Crippen molar-refractivity contribution < 1.29 is 4.79 Å². The molecule has 22 heavy (non-hydrogen) atoms. The van der Waals surface area contributed by atoms with Gasteiger partial charge in [-0.25, -0.2) is 0 Å². The monoisotopic (exact) mass is 294 g/mol. The topological polar surface area (TPSA) is 23.6 Å². The fourth-order valence-electron chi connectivity index (χ4n) is 3.02. The molecule has 2 aromatic rings. The molecular weight excluding hydrogens is 272 g/mol. The summed E-state index contributed by atoms with van der Waals surface area (Å²) < 4.78 is 0. The van der Waals surface area contributed by atoms with E-state index in [1.54, 1.807) is 0 Å². The van der Waals surface area contributed by atoms with E-state index in [1.807, 2.05) is 43.3 Å². The Morgan fingerprint density at radius 2 is 1.41 bits per heavy atom. The molecule has 3 rings (SSSR count). The summed E-state index contributed by atoms with van der Waals surface area (Å²) >= 11 is 0. The summed E-state index contributed by atoms with van der Waals surface area (Å²) in [5.74, 6) is 0.216. The number of anilines is 1. The second-order valence-electron chi connectivity index (χ2n) is 5.76. The van der Waals surface area contributed by atoms with Crippen molar-refractivity contribution in [1.82, 2.24) is 4.90 Å². The lowest BCUT2D eigenvalue weighted by Crippen LogP contribution is -2.51. The van der Waals surface area contributed by atoms with Crippen LogP contribution in [0.25, 0.3) is 0 Å². The van der Waals surface area contributed by atoms with Crippen LogP contribution in [-0.4, -0.2) is 42.9 Å². The van der Waals surface area contributed by atoms with Crippen LogP contribution >= 0.6 is 0 Å². The van der Waals surface area contributed by atoms with Crippen molar-refractivity contribution in [3.8, 4) is 0 Å². The third-order valence-corrected chi connectivity index (χ3v) is 4.42. The molecule has 0 aromatic heterocycles. The molecule has 3 heteroatoms. The van der Waals surface area contributed by atoms with Gasteiger partial charge < -0.3 is 4.90 Å². The number of hydrogen-bond acceptors (Lipinski definition) is 3. The van der Waals surface area contributed by atoms with Crippen LogP contribution in [0.1, 0.15) is 17.3 Å². The molecular formula is C19H22N2O. The molecule has 0 saturated carbocycles. The molecule has 0 spiro atoms. The van der Waals surface area contributed by atoms with Gasteiger partial charge in [-0.3, -0.25) is 9.69 Å². The highest BCUT2D eigenvalue weighted by Gasteiger charge is 2.26. The highest BCUT2D eigenvalue weighted by Crippen LogP contribution is 2.17. The smallest absolute Gasteiger partial charge is 0.179 e. The maximum atomic E-state index is 12.5. The van der Waals surface area contributed by atoms with E-state index >= 15 is 0 Å². The standard InChI is InChI=1S/C19H22N2O/c1-16(19(22)17-8-4-2-5-9-17)20-12-14-21(15-13-20)18-10-6-3-7-11-18/h2-11,16H,12-15H2,1H3. The Morgan fingerprint density at radius 3 is 2.00 bits per heavy atom. The quantitative estimate of drug-likeness (QED) is 0.810. The average Bonchev–Trinajstić information content (AvgIpc) is 2.62. The molecule has 0 amide bonds. The molecule has 1 aliphatic heterocycles. The van der Waals surface area contributed by atoms with Gasteiger partial charge in [-0.2, -0.15) is 0 Å². The van der Waals surface area contributed by atoms with E-state index in [2.05, 4.69) is 34.1 Å². The molecule has 1 atom stereocenters. The number of hydrogen-bond donors (Lipinski definition) is 0. The van der Waals surface area contributed by atoms with Crippen LogP contribution in [0.5, 0.6) is 0 Å². The zero-order valence-corrected chi connectivity index (χ0v) is 13.0. The normalized spacial score (nSPS) is 17.2. The predicted octanol–water partition coefficient (Wildman–Crippen LogP) is 3.08. The Labute approximate surface area is 132 Å². The third kappa shape index (κ3) is 3.20. The number of carbonyl (C=O) groups excluding carboxylic acids is 1. The minimum Gasteiger partial charge on any atom is -0.369 e. The Kier molecular flexibility index (Phi) is 4.54. The number of nitrogens with zero attached hydrogens (tertiary/aromatic N) is 2. The molecule has 0 bridgehead atoms. The van der Waals surface area contributed by atoms with Gasteiger partial charge in [0.1, 0.15) is 0 Å². The first-order valence-corrected chi connectivity index (χ1v) is 7.89. The lowest BCUT2D eigenvalue weighted by Gasteiger charge is -2.38. The summed E-state index contributed by atoms with van der Waals surface area (Å²) in [6, 6.07) is 20.0. The van der Waals surface area contributed by atoms with Crippen LogP contribution < -0.4 is 4.90 Å². The number of para-hydroxylation sites is 1. The molecule has 114 valence electrons. The van der Waals surface area contributed by atoms with Crippen LogP contribution in [0.2, 0.25) is 0 Å². The van der Waals surface area contributed by atoms with E-state index in [0.29, 0.717) is 0 Å². The number of carbonyl (C=O) groups is 1. The second kappa shape index (κ2) is 6.75. The van der Waals surface area contributed by atoms with Crippen molar-refractivity contribution in [2.24, 2.45) is 0 Å². The summed E-state index contributed by atoms with van der Waals surface area (Å²) in [7, 11) is 0. The third-order valence-electron chi connectivity index (χ3n) is 4.42. The van der Waals surface area contributed by atoms with Gasteiger partial charge in [-0.05, 0) is 19.1 Å². The summed E-state index contributed by atoms with van der Waals surface area (Å²) in [5.41, 5.74) is 2.07. The first-order valence-electron chi connectivity index (χ1n) is 7.89. The van der Waals surface area contributed by atoms with Gasteiger partial charge in [0.2, 0.25) is 0 Å². The Balaban J connectivity index is 1.60. The van der Waals surface area contributed by atoms with Gasteiger partial charge in [0.25, 0.3) is 0 Å². The molecule has 0 radical (unpaired) electrons. The Hall–Kier alpha value is -2.13. The number of Topliss-reactive ketones (excluding diaryl/α,β-unsaturated/α-hetero) is 1. The van der Waals surface area contributed by atoms with Gasteiger partial charge >= 0.3 is 0 Å². The maximum Gasteiger partial charge on any atom is 0.179 e. The zero-order valence-electron chi connectivity index (χ0n) is 13.0. The number of benzene rings is 2. The van der Waals surface area contributed by atoms with E-state index in [-0.39, 0.29) is 11.8 Å². The van der Waals surface area contributed by atoms with E-state index in [4.69, 9.17) is 0 Å². The van der Waals surface area contributed by atoms with Gasteiger partial charge in [-0.1, -0.05) is 48.5 Å². The Morgan fingerprint density at radius 1 is 0.864 bits per heavy atom. The van der Waals surface area contributed by atoms with Gasteiger partial charge in [-0.15, -0.1) is 0 Å². The minimum atomic E-state index is -0.0553. The number of piperazine rings is 1. The largest absolute Gasteiger partial charge is 0.369 e. The van der Waals surface area contributed by atoms with Gasteiger partial charge in [0.15, 0.2) is 5.78 Å². The van der Waals surface area contributed by atoms with Crippen LogP contribution in [0.15, 0.2) is 60.7 Å². The van der Waals surface area contributed by atoms with E-state index in [1.165, 1.54) is 5.69 Å². The predicted molar refractivity (Wildman–Crippen MR) is 90.5 cm³/mol. The number of ketones is 1. The van der Waals surface area contributed by atoms with Crippen molar-refractivity contribution in [3.63, 3.8) is 0 Å². The fraction of sp³-hybridized carbons (Fsp3) is 0.316. The molecule has 2 aromatic carbocycles. The van der Waals surface area contributed by atoms with E-state index in [0.717, 1.165) is 31.7 Å². The van der Waals surface area contributed by atoms with Crippen molar-refractivity contribution >= 4 is 11.5 Å². The summed E-state index contributed by atoms with van der Waals surface area (Å²) in [6.07, 6.45) is 0. The highest BCUT2D eigenvalue weighted by atomic mass is 16.1. The first kappa shape index (κ1) is 14.8. The lowest BCUT2D eigenvalue weighted by molar-refractivity contribution is 0.0830.